The molecule has 0 fully saturated rings. The van der Waals surface area contributed by atoms with Crippen LogP contribution in [0.15, 0.2) is 36.8 Å². The van der Waals surface area contributed by atoms with E-state index in [0.29, 0.717) is 0 Å². The first kappa shape index (κ1) is 8.55. The van der Waals surface area contributed by atoms with Crippen LogP contribution in [0, 0.1) is 10.1 Å². The Morgan fingerprint density at radius 3 is 2.70 bits per heavy atom. The highest BCUT2D eigenvalue weighted by molar-refractivity contribution is 5.12. The Labute approximate surface area is 57.3 Å². The van der Waals surface area contributed by atoms with Crippen molar-refractivity contribution in [3.8, 4) is 0 Å². The van der Waals surface area contributed by atoms with Crippen LogP contribution in [0.4, 0.5) is 4.39 Å². The molecule has 0 aromatic rings. The molecule has 0 heterocycles. The topological polar surface area (TPSA) is 43.1 Å². The number of halogens is 1. The predicted molar refractivity (Wildman–Crippen MR) is 35.5 cm³/mol. The van der Waals surface area contributed by atoms with E-state index >= 15 is 0 Å². The van der Waals surface area contributed by atoms with Gasteiger partial charge < -0.3 is 0 Å². The van der Waals surface area contributed by atoms with Crippen LogP contribution >= 0.6 is 0 Å². The maximum Gasteiger partial charge on any atom is 0.269 e. The normalized spacial score (nSPS) is 11.9. The fourth-order valence-electron chi connectivity index (χ4n) is 0.304. The van der Waals surface area contributed by atoms with Gasteiger partial charge >= 0.3 is 0 Å². The average molecular weight is 143 g/mol. The molecule has 4 heteroatoms. The summed E-state index contributed by atoms with van der Waals surface area (Å²) >= 11 is 0. The van der Waals surface area contributed by atoms with Crippen molar-refractivity contribution >= 4 is 0 Å². The maximum absolute atomic E-state index is 12.1. The van der Waals surface area contributed by atoms with Crippen LogP contribution in [0.5, 0.6) is 0 Å². The summed E-state index contributed by atoms with van der Waals surface area (Å²) in [7, 11) is 0. The zero-order chi connectivity index (χ0) is 7.98. The highest BCUT2D eigenvalue weighted by atomic mass is 19.1. The zero-order valence-electron chi connectivity index (χ0n) is 5.16. The molecule has 0 atom stereocenters. The summed E-state index contributed by atoms with van der Waals surface area (Å²) in [6, 6.07) is 0. The van der Waals surface area contributed by atoms with Gasteiger partial charge in [-0.3, -0.25) is 10.1 Å². The van der Waals surface area contributed by atoms with Crippen molar-refractivity contribution < 1.29 is 9.31 Å². The molecule has 0 bridgehead atoms. The summed E-state index contributed by atoms with van der Waals surface area (Å²) in [6.07, 6.45) is 3.83. The monoisotopic (exact) mass is 143 g/mol. The van der Waals surface area contributed by atoms with Gasteiger partial charge in [-0.2, -0.15) is 0 Å². The van der Waals surface area contributed by atoms with Gasteiger partial charge in [-0.05, 0) is 6.08 Å². The lowest BCUT2D eigenvalue weighted by Gasteiger charge is -1.78. The molecule has 3 nitrogen and oxygen atoms in total. The van der Waals surface area contributed by atoms with Crippen molar-refractivity contribution in [1.29, 1.82) is 0 Å². The van der Waals surface area contributed by atoms with Gasteiger partial charge in [-0.1, -0.05) is 18.7 Å². The Bertz CT molecular complexity index is 196. The van der Waals surface area contributed by atoms with E-state index in [1.807, 2.05) is 0 Å². The largest absolute Gasteiger partial charge is 0.269 e. The van der Waals surface area contributed by atoms with E-state index in [2.05, 4.69) is 6.58 Å². The molecule has 0 aromatic heterocycles. The van der Waals surface area contributed by atoms with Crippen molar-refractivity contribution in [1.82, 2.24) is 0 Å². The number of hydrogen-bond acceptors (Lipinski definition) is 2. The molecule has 0 aliphatic carbocycles. The van der Waals surface area contributed by atoms with Crippen molar-refractivity contribution in [2.45, 2.75) is 0 Å². The molecule has 0 saturated carbocycles. The van der Waals surface area contributed by atoms with Gasteiger partial charge in [-0.25, -0.2) is 4.39 Å². The number of hydrogen-bond donors (Lipinski definition) is 0. The fourth-order valence-corrected chi connectivity index (χ4v) is 0.304. The van der Waals surface area contributed by atoms with E-state index in [-0.39, 0.29) is 6.20 Å². The van der Waals surface area contributed by atoms with Gasteiger partial charge in [0.05, 0.1) is 4.92 Å². The molecular formula is C6H6FNO2. The van der Waals surface area contributed by atoms with Crippen LogP contribution in [0.1, 0.15) is 0 Å². The van der Waals surface area contributed by atoms with E-state index in [1.54, 1.807) is 0 Å². The van der Waals surface area contributed by atoms with E-state index < -0.39 is 10.8 Å². The number of nitro groups is 1. The molecule has 0 aromatic carbocycles. The standard InChI is InChI=1S/C6H6FNO2/c1-2-3-4-6(7)5-8(9)10/h2-5H,1H2/b4-3-,6-5-. The minimum absolute atomic E-state index is 0.278. The molecule has 0 saturated heterocycles. The fraction of sp³-hybridized carbons (Fsp3) is 0. The maximum atomic E-state index is 12.1. The van der Waals surface area contributed by atoms with Crippen LogP contribution in [-0.4, -0.2) is 4.92 Å². The third-order valence-electron chi connectivity index (χ3n) is 0.620. The SMILES string of the molecule is C=C/C=C\C(F)=C\[N+](=O)[O-]. The third-order valence-corrected chi connectivity index (χ3v) is 0.620. The van der Waals surface area contributed by atoms with Crippen LogP contribution in [-0.2, 0) is 0 Å². The molecule has 0 aliphatic heterocycles. The molecule has 0 radical (unpaired) electrons. The number of rotatable bonds is 3. The van der Waals surface area contributed by atoms with Crippen molar-refractivity contribution in [3.05, 3.63) is 46.9 Å². The van der Waals surface area contributed by atoms with E-state index in [4.69, 9.17) is 0 Å². The van der Waals surface area contributed by atoms with Gasteiger partial charge in [0, 0.05) is 0 Å². The van der Waals surface area contributed by atoms with Gasteiger partial charge in [0.1, 0.15) is 0 Å². The summed E-state index contributed by atoms with van der Waals surface area (Å²) < 4.78 is 12.1. The molecule has 0 unspecified atom stereocenters. The minimum atomic E-state index is -0.898. The first-order valence-corrected chi connectivity index (χ1v) is 2.46. The van der Waals surface area contributed by atoms with Crippen LogP contribution < -0.4 is 0 Å². The Morgan fingerprint density at radius 1 is 1.70 bits per heavy atom. The van der Waals surface area contributed by atoms with Crippen molar-refractivity contribution in [3.63, 3.8) is 0 Å². The summed E-state index contributed by atoms with van der Waals surface area (Å²) in [5.74, 6) is -0.898. The smallest absolute Gasteiger partial charge is 0.259 e. The Hall–Kier alpha value is -1.45. The third kappa shape index (κ3) is 4.70. The highest BCUT2D eigenvalue weighted by Crippen LogP contribution is 1.97. The van der Waals surface area contributed by atoms with E-state index in [9.17, 15) is 14.5 Å². The first-order chi connectivity index (χ1) is 4.66. The zero-order valence-corrected chi connectivity index (χ0v) is 5.16. The van der Waals surface area contributed by atoms with Gasteiger partial charge in [0.15, 0.2) is 5.83 Å². The van der Waals surface area contributed by atoms with Crippen LogP contribution in [0.3, 0.4) is 0 Å². The van der Waals surface area contributed by atoms with Gasteiger partial charge in [-0.15, -0.1) is 0 Å². The molecule has 54 valence electrons. The molecule has 0 spiro atoms. The lowest BCUT2D eigenvalue weighted by molar-refractivity contribution is -0.404. The second-order valence-electron chi connectivity index (χ2n) is 1.39. The van der Waals surface area contributed by atoms with Crippen molar-refractivity contribution in [2.75, 3.05) is 0 Å². The minimum Gasteiger partial charge on any atom is -0.259 e. The average Bonchev–Trinajstić information content (AvgIpc) is 1.82. The molecule has 10 heavy (non-hydrogen) atoms. The number of nitrogens with zero attached hydrogens (tertiary/aromatic N) is 1. The van der Waals surface area contributed by atoms with Crippen LogP contribution in [0.25, 0.3) is 0 Å². The molecule has 0 rings (SSSR count). The lowest BCUT2D eigenvalue weighted by Crippen LogP contribution is -1.83. The van der Waals surface area contributed by atoms with Crippen molar-refractivity contribution in [2.24, 2.45) is 0 Å². The summed E-state index contributed by atoms with van der Waals surface area (Å²) in [5, 5.41) is 9.60. The summed E-state index contributed by atoms with van der Waals surface area (Å²) in [4.78, 5) is 8.74. The molecule has 0 amide bonds. The van der Waals surface area contributed by atoms with Gasteiger partial charge in [0.25, 0.3) is 6.20 Å². The quantitative estimate of drug-likeness (QED) is 0.343. The van der Waals surface area contributed by atoms with Gasteiger partial charge in [0.2, 0.25) is 0 Å². The molecular weight excluding hydrogens is 137 g/mol. The second-order valence-corrected chi connectivity index (χ2v) is 1.39. The lowest BCUT2D eigenvalue weighted by atomic mass is 10.4. The second kappa shape index (κ2) is 4.43. The Kier molecular flexibility index (Phi) is 3.79. The first-order valence-electron chi connectivity index (χ1n) is 2.46. The van der Waals surface area contributed by atoms with Crippen LogP contribution in [0.2, 0.25) is 0 Å². The summed E-state index contributed by atoms with van der Waals surface area (Å²) in [5.41, 5.74) is 0. The van der Waals surface area contributed by atoms with E-state index in [1.165, 1.54) is 12.2 Å². The predicted octanol–water partition coefficient (Wildman–Crippen LogP) is 1.82. The van der Waals surface area contributed by atoms with E-state index in [0.717, 1.165) is 6.08 Å². The molecule has 0 N–H and O–H groups in total. The Balaban J connectivity index is 4.06. The highest BCUT2D eigenvalue weighted by Gasteiger charge is 1.92. The molecule has 0 aliphatic rings. The Morgan fingerprint density at radius 2 is 2.30 bits per heavy atom. The number of allylic oxidation sites excluding steroid dienone is 4. The summed E-state index contributed by atoms with van der Waals surface area (Å²) in [6.45, 7) is 3.26.